The van der Waals surface area contributed by atoms with Crippen LogP contribution in [0, 0.1) is 0 Å². The average molecular weight is 433 g/mol. The minimum atomic E-state index is -3.78. The fourth-order valence-electron chi connectivity index (χ4n) is 2.29. The number of carbonyl (C=O) groups excluding carboxylic acids is 1. The summed E-state index contributed by atoms with van der Waals surface area (Å²) in [5, 5.41) is 2.71. The smallest absolute Gasteiger partial charge is 0.387 e. The molecule has 28 heavy (non-hydrogen) atoms. The molecule has 0 spiro atoms. The van der Waals surface area contributed by atoms with Crippen molar-refractivity contribution >= 4 is 27.5 Å². The van der Waals surface area contributed by atoms with Gasteiger partial charge in [0.1, 0.15) is 5.75 Å². The highest BCUT2D eigenvalue weighted by molar-refractivity contribution is 7.89. The second kappa shape index (κ2) is 9.31. The summed E-state index contributed by atoms with van der Waals surface area (Å²) in [7, 11) is -3.78. The second-order valence-electron chi connectivity index (χ2n) is 6.12. The quantitative estimate of drug-likeness (QED) is 0.668. The number of carbonyl (C=O) groups is 1. The summed E-state index contributed by atoms with van der Waals surface area (Å²) in [5.74, 6) is -0.566. The van der Waals surface area contributed by atoms with Crippen LogP contribution in [0.2, 0.25) is 5.02 Å². The van der Waals surface area contributed by atoms with E-state index in [0.717, 1.165) is 0 Å². The molecule has 0 fully saturated rings. The molecule has 2 N–H and O–H groups in total. The normalized spacial score (nSPS) is 11.7. The number of alkyl halides is 2. The largest absolute Gasteiger partial charge is 0.435 e. The van der Waals surface area contributed by atoms with E-state index in [1.807, 2.05) is 0 Å². The maximum absolute atomic E-state index is 12.4. The van der Waals surface area contributed by atoms with Crippen molar-refractivity contribution in [2.75, 3.05) is 0 Å². The highest BCUT2D eigenvalue weighted by atomic mass is 35.5. The van der Waals surface area contributed by atoms with Crippen molar-refractivity contribution in [1.82, 2.24) is 10.0 Å². The van der Waals surface area contributed by atoms with Crippen molar-refractivity contribution in [2.45, 2.75) is 37.9 Å². The van der Waals surface area contributed by atoms with Gasteiger partial charge in [0.15, 0.2) is 0 Å². The zero-order valence-corrected chi connectivity index (χ0v) is 16.7. The van der Waals surface area contributed by atoms with E-state index in [-0.39, 0.29) is 33.8 Å². The minimum Gasteiger partial charge on any atom is -0.435 e. The highest BCUT2D eigenvalue weighted by Gasteiger charge is 2.19. The standard InChI is InChI=1S/C18H19ClF2N2O4S/c1-11(2)23-28(25,26)14-7-8-16(19)15(9-14)17(24)22-10-12-3-5-13(6-4-12)27-18(20)21/h3-9,11,18,23H,10H2,1-2H3,(H,22,24). The van der Waals surface area contributed by atoms with E-state index in [2.05, 4.69) is 14.8 Å². The predicted octanol–water partition coefficient (Wildman–Crippen LogP) is 3.56. The summed E-state index contributed by atoms with van der Waals surface area (Å²) in [4.78, 5) is 12.3. The Labute approximate surface area is 166 Å². The molecule has 0 aliphatic carbocycles. The first-order valence-electron chi connectivity index (χ1n) is 8.22. The lowest BCUT2D eigenvalue weighted by molar-refractivity contribution is -0.0498. The summed E-state index contributed by atoms with van der Waals surface area (Å²) in [6.07, 6.45) is 0. The Morgan fingerprint density at radius 3 is 2.36 bits per heavy atom. The molecule has 2 rings (SSSR count). The number of rotatable bonds is 8. The maximum Gasteiger partial charge on any atom is 0.387 e. The number of amides is 1. The molecule has 2 aromatic carbocycles. The molecule has 0 saturated carbocycles. The van der Waals surface area contributed by atoms with E-state index in [0.29, 0.717) is 5.56 Å². The minimum absolute atomic E-state index is 0.00341. The number of nitrogens with one attached hydrogen (secondary N) is 2. The highest BCUT2D eigenvalue weighted by Crippen LogP contribution is 2.21. The predicted molar refractivity (Wildman–Crippen MR) is 101 cm³/mol. The number of hydrogen-bond acceptors (Lipinski definition) is 4. The average Bonchev–Trinajstić information content (AvgIpc) is 2.59. The fourth-order valence-corrected chi connectivity index (χ4v) is 3.77. The molecule has 0 bridgehead atoms. The van der Waals surface area contributed by atoms with Crippen LogP contribution in [-0.4, -0.2) is 27.0 Å². The molecule has 0 unspecified atom stereocenters. The van der Waals surface area contributed by atoms with Gasteiger partial charge in [-0.05, 0) is 49.7 Å². The van der Waals surface area contributed by atoms with Crippen LogP contribution in [-0.2, 0) is 16.6 Å². The van der Waals surface area contributed by atoms with Gasteiger partial charge in [0.2, 0.25) is 10.0 Å². The summed E-state index contributed by atoms with van der Waals surface area (Å²) in [5.41, 5.74) is 0.641. The Morgan fingerprint density at radius 1 is 1.14 bits per heavy atom. The number of hydrogen-bond donors (Lipinski definition) is 2. The summed E-state index contributed by atoms with van der Waals surface area (Å²) in [6, 6.07) is 9.28. The van der Waals surface area contributed by atoms with E-state index in [4.69, 9.17) is 11.6 Å². The van der Waals surface area contributed by atoms with Crippen LogP contribution in [0.3, 0.4) is 0 Å². The first kappa shape index (κ1) is 22.1. The van der Waals surface area contributed by atoms with Gasteiger partial charge in [0.05, 0.1) is 15.5 Å². The van der Waals surface area contributed by atoms with Gasteiger partial charge in [0, 0.05) is 12.6 Å². The molecular weight excluding hydrogens is 414 g/mol. The van der Waals surface area contributed by atoms with Crippen LogP contribution in [0.1, 0.15) is 29.8 Å². The van der Waals surface area contributed by atoms with E-state index in [1.54, 1.807) is 13.8 Å². The fraction of sp³-hybridized carbons (Fsp3) is 0.278. The molecule has 0 saturated heterocycles. The monoisotopic (exact) mass is 432 g/mol. The van der Waals surface area contributed by atoms with Gasteiger partial charge in [-0.25, -0.2) is 13.1 Å². The third-order valence-electron chi connectivity index (χ3n) is 3.49. The molecule has 152 valence electrons. The third kappa shape index (κ3) is 6.15. The Kier molecular flexibility index (Phi) is 7.34. The molecule has 0 aliphatic heterocycles. The van der Waals surface area contributed by atoms with Crippen molar-refractivity contribution in [3.63, 3.8) is 0 Å². The SMILES string of the molecule is CC(C)NS(=O)(=O)c1ccc(Cl)c(C(=O)NCc2ccc(OC(F)F)cc2)c1. The number of halogens is 3. The van der Waals surface area contributed by atoms with Crippen molar-refractivity contribution in [1.29, 1.82) is 0 Å². The van der Waals surface area contributed by atoms with Crippen LogP contribution < -0.4 is 14.8 Å². The third-order valence-corrected chi connectivity index (χ3v) is 5.47. The molecule has 1 amide bonds. The molecule has 2 aromatic rings. The van der Waals surface area contributed by atoms with Crippen LogP contribution in [0.4, 0.5) is 8.78 Å². The van der Waals surface area contributed by atoms with Crippen molar-refractivity contribution in [3.05, 3.63) is 58.6 Å². The van der Waals surface area contributed by atoms with E-state index >= 15 is 0 Å². The van der Waals surface area contributed by atoms with Gasteiger partial charge < -0.3 is 10.1 Å². The summed E-state index contributed by atoms with van der Waals surface area (Å²) >= 11 is 6.03. The van der Waals surface area contributed by atoms with Crippen LogP contribution in [0.5, 0.6) is 5.75 Å². The molecule has 0 aromatic heterocycles. The lowest BCUT2D eigenvalue weighted by Crippen LogP contribution is -2.30. The Bertz CT molecular complexity index is 935. The van der Waals surface area contributed by atoms with Crippen LogP contribution in [0.15, 0.2) is 47.4 Å². The lowest BCUT2D eigenvalue weighted by Gasteiger charge is -2.12. The molecule has 0 radical (unpaired) electrons. The van der Waals surface area contributed by atoms with Crippen molar-refractivity contribution in [2.24, 2.45) is 0 Å². The number of sulfonamides is 1. The van der Waals surface area contributed by atoms with E-state index in [9.17, 15) is 22.0 Å². The Balaban J connectivity index is 2.10. The van der Waals surface area contributed by atoms with E-state index < -0.39 is 22.5 Å². The maximum atomic E-state index is 12.4. The molecule has 10 heteroatoms. The molecule has 0 atom stereocenters. The van der Waals surface area contributed by atoms with Crippen LogP contribution in [0.25, 0.3) is 0 Å². The first-order valence-corrected chi connectivity index (χ1v) is 10.1. The Morgan fingerprint density at radius 2 is 1.79 bits per heavy atom. The lowest BCUT2D eigenvalue weighted by atomic mass is 10.2. The van der Waals surface area contributed by atoms with Crippen molar-refractivity contribution < 1.29 is 26.7 Å². The summed E-state index contributed by atoms with van der Waals surface area (Å²) in [6.45, 7) is 0.532. The zero-order valence-electron chi connectivity index (χ0n) is 15.1. The first-order chi connectivity index (χ1) is 13.1. The molecule has 0 heterocycles. The molecular formula is C18H19ClF2N2O4S. The topological polar surface area (TPSA) is 84.5 Å². The number of ether oxygens (including phenoxy) is 1. The van der Waals surface area contributed by atoms with Gasteiger partial charge in [-0.2, -0.15) is 8.78 Å². The van der Waals surface area contributed by atoms with Crippen molar-refractivity contribution in [3.8, 4) is 5.75 Å². The zero-order chi connectivity index (χ0) is 20.9. The number of benzene rings is 2. The molecule has 0 aliphatic rings. The van der Waals surface area contributed by atoms with Gasteiger partial charge in [-0.15, -0.1) is 0 Å². The van der Waals surface area contributed by atoms with Gasteiger partial charge in [0.25, 0.3) is 5.91 Å². The van der Waals surface area contributed by atoms with Gasteiger partial charge >= 0.3 is 6.61 Å². The summed E-state index contributed by atoms with van der Waals surface area (Å²) < 4.78 is 55.5. The Hall–Kier alpha value is -2.23. The van der Waals surface area contributed by atoms with E-state index in [1.165, 1.54) is 42.5 Å². The second-order valence-corrected chi connectivity index (χ2v) is 8.24. The molecule has 6 nitrogen and oxygen atoms in total. The van der Waals surface area contributed by atoms with Gasteiger partial charge in [-0.1, -0.05) is 23.7 Å². The van der Waals surface area contributed by atoms with Crippen LogP contribution >= 0.6 is 11.6 Å². The van der Waals surface area contributed by atoms with Gasteiger partial charge in [-0.3, -0.25) is 4.79 Å².